The second-order valence-corrected chi connectivity index (χ2v) is 8.62. The van der Waals surface area contributed by atoms with E-state index in [0.717, 1.165) is 17.7 Å². The topological polar surface area (TPSA) is 88.1 Å². The van der Waals surface area contributed by atoms with Gasteiger partial charge in [0, 0.05) is 25.2 Å². The first-order valence-electron chi connectivity index (χ1n) is 10.2. The van der Waals surface area contributed by atoms with E-state index in [2.05, 4.69) is 10.2 Å². The van der Waals surface area contributed by atoms with Crippen LogP contribution in [0.5, 0.6) is 5.75 Å². The molecule has 2 rings (SSSR count). The van der Waals surface area contributed by atoms with Crippen LogP contribution in [-0.4, -0.2) is 53.4 Å². The van der Waals surface area contributed by atoms with Crippen LogP contribution >= 0.6 is 0 Å². The lowest BCUT2D eigenvalue weighted by Gasteiger charge is -2.42. The molecule has 1 aliphatic heterocycles. The minimum absolute atomic E-state index is 0.0729. The summed E-state index contributed by atoms with van der Waals surface area (Å²) in [6, 6.07) is 7.63. The number of hydrogen-bond acceptors (Lipinski definition) is 5. The Morgan fingerprint density at radius 2 is 1.90 bits per heavy atom. The van der Waals surface area contributed by atoms with Crippen LogP contribution in [0.15, 0.2) is 24.3 Å². The Kier molecular flexibility index (Phi) is 7.90. The number of ether oxygens (including phenoxy) is 2. The van der Waals surface area contributed by atoms with Crippen molar-refractivity contribution >= 4 is 12.1 Å². The summed E-state index contributed by atoms with van der Waals surface area (Å²) in [4.78, 5) is 26.2. The molecule has 162 valence electrons. The summed E-state index contributed by atoms with van der Waals surface area (Å²) in [6.45, 7) is 8.61. The van der Waals surface area contributed by atoms with E-state index in [4.69, 9.17) is 9.47 Å². The van der Waals surface area contributed by atoms with Crippen molar-refractivity contribution in [3.05, 3.63) is 29.8 Å². The Bertz CT molecular complexity index is 683. The predicted octanol–water partition coefficient (Wildman–Crippen LogP) is 3.66. The molecule has 0 aliphatic carbocycles. The van der Waals surface area contributed by atoms with Crippen LogP contribution in [0.1, 0.15) is 52.5 Å². The summed E-state index contributed by atoms with van der Waals surface area (Å²) in [5.41, 5.74) is 0.523. The molecule has 1 aliphatic rings. The summed E-state index contributed by atoms with van der Waals surface area (Å²) >= 11 is 0. The highest BCUT2D eigenvalue weighted by Crippen LogP contribution is 2.28. The zero-order valence-corrected chi connectivity index (χ0v) is 18.1. The molecule has 0 aromatic heterocycles. The number of nitrogens with one attached hydrogen (secondary N) is 1. The number of amides is 1. The summed E-state index contributed by atoms with van der Waals surface area (Å²) in [6.07, 6.45) is 1.58. The van der Waals surface area contributed by atoms with E-state index < -0.39 is 23.6 Å². The van der Waals surface area contributed by atoms with Crippen LogP contribution < -0.4 is 10.1 Å². The molecule has 1 unspecified atom stereocenters. The fraction of sp³-hybridized carbons (Fsp3) is 0.636. The number of carboxylic acid groups (broad SMARTS) is 1. The molecule has 0 saturated carbocycles. The number of nitrogens with zero attached hydrogens (tertiary/aromatic N) is 1. The molecule has 29 heavy (non-hydrogen) atoms. The third-order valence-electron chi connectivity index (χ3n) is 5.22. The lowest BCUT2D eigenvalue weighted by Crippen LogP contribution is -2.55. The number of carbonyl (C=O) groups is 2. The average molecular weight is 407 g/mol. The van der Waals surface area contributed by atoms with Gasteiger partial charge in [0.1, 0.15) is 11.4 Å². The average Bonchev–Trinajstić information content (AvgIpc) is 2.62. The fourth-order valence-corrected chi connectivity index (χ4v) is 3.87. The Hall–Kier alpha value is -2.28. The lowest BCUT2D eigenvalue weighted by molar-refractivity contribution is -0.145. The van der Waals surface area contributed by atoms with Crippen LogP contribution in [0.3, 0.4) is 0 Å². The number of alkyl carbamates (subject to hydrolysis) is 1. The molecular formula is C22H34N2O5. The lowest BCUT2D eigenvalue weighted by atomic mass is 9.86. The Morgan fingerprint density at radius 3 is 2.41 bits per heavy atom. The number of aliphatic carboxylic acids is 1. The van der Waals surface area contributed by atoms with E-state index in [1.165, 1.54) is 0 Å². The number of carboxylic acids is 1. The molecular weight excluding hydrogens is 372 g/mol. The number of hydrogen-bond donors (Lipinski definition) is 2. The van der Waals surface area contributed by atoms with Crippen LogP contribution in [0.4, 0.5) is 4.79 Å². The highest BCUT2D eigenvalue weighted by atomic mass is 16.6. The standard InChI is InChI=1S/C22H34N2O5/c1-6-18(20(25)26)19-12-9-16(23-21(27)29-22(2,3)4)14-24(19)13-15-7-10-17(28-5)11-8-15/h7-8,10-11,16,18-19H,6,9,12-14H2,1-5H3,(H,23,27)(H,25,26)/t16-,18?,19+/m1/s1. The van der Waals surface area contributed by atoms with Crippen molar-refractivity contribution in [3.8, 4) is 5.75 Å². The smallest absolute Gasteiger partial charge is 0.407 e. The largest absolute Gasteiger partial charge is 0.497 e. The van der Waals surface area contributed by atoms with Crippen LogP contribution in [0, 0.1) is 5.92 Å². The number of rotatable bonds is 7. The minimum Gasteiger partial charge on any atom is -0.497 e. The van der Waals surface area contributed by atoms with Gasteiger partial charge in [0.2, 0.25) is 0 Å². The molecule has 0 radical (unpaired) electrons. The van der Waals surface area contributed by atoms with Gasteiger partial charge in [-0.3, -0.25) is 9.69 Å². The molecule has 1 amide bonds. The first kappa shape index (κ1) is 23.0. The van der Waals surface area contributed by atoms with E-state index >= 15 is 0 Å². The van der Waals surface area contributed by atoms with Crippen molar-refractivity contribution in [1.82, 2.24) is 10.2 Å². The number of benzene rings is 1. The Morgan fingerprint density at radius 1 is 1.24 bits per heavy atom. The minimum atomic E-state index is -0.768. The van der Waals surface area contributed by atoms with Crippen molar-refractivity contribution in [2.45, 2.75) is 71.2 Å². The van der Waals surface area contributed by atoms with Crippen molar-refractivity contribution in [2.75, 3.05) is 13.7 Å². The normalized spacial score (nSPS) is 21.3. The van der Waals surface area contributed by atoms with Gasteiger partial charge in [-0.1, -0.05) is 19.1 Å². The number of carbonyl (C=O) groups excluding carboxylic acids is 1. The fourth-order valence-electron chi connectivity index (χ4n) is 3.87. The van der Waals surface area contributed by atoms with Gasteiger partial charge in [-0.15, -0.1) is 0 Å². The van der Waals surface area contributed by atoms with E-state index in [1.807, 2.05) is 52.0 Å². The summed E-state index contributed by atoms with van der Waals surface area (Å²) < 4.78 is 10.6. The van der Waals surface area contributed by atoms with E-state index in [9.17, 15) is 14.7 Å². The van der Waals surface area contributed by atoms with Crippen molar-refractivity contribution < 1.29 is 24.2 Å². The van der Waals surface area contributed by atoms with Gasteiger partial charge in [0.15, 0.2) is 0 Å². The highest BCUT2D eigenvalue weighted by Gasteiger charge is 2.37. The maximum absolute atomic E-state index is 12.2. The van der Waals surface area contributed by atoms with Crippen LogP contribution in [0.25, 0.3) is 0 Å². The van der Waals surface area contributed by atoms with Gasteiger partial charge < -0.3 is 19.9 Å². The monoisotopic (exact) mass is 406 g/mol. The van der Waals surface area contributed by atoms with E-state index in [1.54, 1.807) is 7.11 Å². The van der Waals surface area contributed by atoms with Gasteiger partial charge in [-0.25, -0.2) is 4.79 Å². The van der Waals surface area contributed by atoms with Gasteiger partial charge in [-0.05, 0) is 57.7 Å². The quantitative estimate of drug-likeness (QED) is 0.718. The predicted molar refractivity (Wildman–Crippen MR) is 111 cm³/mol. The zero-order valence-electron chi connectivity index (χ0n) is 18.1. The van der Waals surface area contributed by atoms with Crippen molar-refractivity contribution in [3.63, 3.8) is 0 Å². The Labute approximate surface area is 173 Å². The molecule has 1 aromatic rings. The zero-order chi connectivity index (χ0) is 21.6. The molecule has 0 bridgehead atoms. The molecule has 1 heterocycles. The SMILES string of the molecule is CCC(C(=O)O)[C@@H]1CC[C@@H](NC(=O)OC(C)(C)C)CN1Cc1ccc(OC)cc1. The second-order valence-electron chi connectivity index (χ2n) is 8.62. The molecule has 2 N–H and O–H groups in total. The van der Waals surface area contributed by atoms with Gasteiger partial charge >= 0.3 is 12.1 Å². The maximum atomic E-state index is 12.2. The van der Waals surface area contributed by atoms with E-state index in [-0.39, 0.29) is 12.1 Å². The second kappa shape index (κ2) is 9.96. The van der Waals surface area contributed by atoms with Gasteiger partial charge in [0.25, 0.3) is 0 Å². The van der Waals surface area contributed by atoms with Crippen molar-refractivity contribution in [1.29, 1.82) is 0 Å². The van der Waals surface area contributed by atoms with Crippen molar-refractivity contribution in [2.24, 2.45) is 5.92 Å². The van der Waals surface area contributed by atoms with Crippen LogP contribution in [-0.2, 0) is 16.1 Å². The summed E-state index contributed by atoms with van der Waals surface area (Å²) in [5, 5.41) is 12.6. The molecule has 7 heteroatoms. The first-order valence-corrected chi connectivity index (χ1v) is 10.2. The third-order valence-corrected chi connectivity index (χ3v) is 5.22. The molecule has 1 saturated heterocycles. The Balaban J connectivity index is 2.13. The highest BCUT2D eigenvalue weighted by molar-refractivity contribution is 5.71. The van der Waals surface area contributed by atoms with E-state index in [0.29, 0.717) is 25.9 Å². The number of likely N-dealkylation sites (tertiary alicyclic amines) is 1. The number of methoxy groups -OCH3 is 1. The van der Waals surface area contributed by atoms with Crippen LogP contribution in [0.2, 0.25) is 0 Å². The molecule has 3 atom stereocenters. The summed E-state index contributed by atoms with van der Waals surface area (Å²) in [7, 11) is 1.63. The molecule has 1 aromatic carbocycles. The van der Waals surface area contributed by atoms with Gasteiger partial charge in [-0.2, -0.15) is 0 Å². The summed E-state index contributed by atoms with van der Waals surface area (Å²) in [5.74, 6) is -0.420. The third kappa shape index (κ3) is 6.92. The molecule has 0 spiro atoms. The molecule has 1 fully saturated rings. The maximum Gasteiger partial charge on any atom is 0.407 e. The van der Waals surface area contributed by atoms with Gasteiger partial charge in [0.05, 0.1) is 13.0 Å². The number of piperidine rings is 1. The first-order chi connectivity index (χ1) is 13.6. The molecule has 7 nitrogen and oxygen atoms in total.